The van der Waals surface area contributed by atoms with E-state index in [1.54, 1.807) is 19.1 Å². The quantitative estimate of drug-likeness (QED) is 0.882. The molecule has 0 aromatic heterocycles. The first-order chi connectivity index (χ1) is 9.18. The lowest BCUT2D eigenvalue weighted by Gasteiger charge is -2.22. The molecule has 2 N–H and O–H groups in total. The molecule has 0 aliphatic rings. The molecule has 98 valence electrons. The molecular formula is C16H17NO2. The summed E-state index contributed by atoms with van der Waals surface area (Å²) in [5.74, 6) is -0.185. The fourth-order valence-electron chi connectivity index (χ4n) is 1.96. The molecule has 0 saturated carbocycles. The first kappa shape index (κ1) is 13.3. The monoisotopic (exact) mass is 255 g/mol. The minimum atomic E-state index is -0.657. The second-order valence-electron chi connectivity index (χ2n) is 4.47. The molecule has 0 fully saturated rings. The van der Waals surface area contributed by atoms with Crippen LogP contribution in [0.15, 0.2) is 60.7 Å². The van der Waals surface area contributed by atoms with E-state index in [0.29, 0.717) is 5.56 Å². The van der Waals surface area contributed by atoms with E-state index in [-0.39, 0.29) is 5.91 Å². The maximum absolute atomic E-state index is 12.1. The van der Waals surface area contributed by atoms with Gasteiger partial charge in [0.1, 0.15) is 0 Å². The van der Waals surface area contributed by atoms with Gasteiger partial charge in [-0.2, -0.15) is 0 Å². The number of hydrogen-bond acceptors (Lipinski definition) is 2. The SMILES string of the molecule is C[C@@H](O)[C@H](NC(=O)c1ccccc1)c1ccccc1. The van der Waals surface area contributed by atoms with Gasteiger partial charge in [0.2, 0.25) is 0 Å². The van der Waals surface area contributed by atoms with Crippen molar-refractivity contribution >= 4 is 5.91 Å². The van der Waals surface area contributed by atoms with Crippen molar-refractivity contribution in [2.75, 3.05) is 0 Å². The molecule has 2 rings (SSSR count). The van der Waals surface area contributed by atoms with E-state index in [2.05, 4.69) is 5.32 Å². The lowest BCUT2D eigenvalue weighted by molar-refractivity contribution is 0.0858. The maximum Gasteiger partial charge on any atom is 0.251 e. The molecule has 3 nitrogen and oxygen atoms in total. The minimum absolute atomic E-state index is 0.185. The van der Waals surface area contributed by atoms with Gasteiger partial charge >= 0.3 is 0 Å². The molecule has 0 spiro atoms. The summed E-state index contributed by atoms with van der Waals surface area (Å²) in [6.07, 6.45) is -0.657. The van der Waals surface area contributed by atoms with Crippen LogP contribution >= 0.6 is 0 Å². The zero-order valence-electron chi connectivity index (χ0n) is 10.8. The standard InChI is InChI=1S/C16H17NO2/c1-12(18)15(13-8-4-2-5-9-13)17-16(19)14-10-6-3-7-11-14/h2-12,15,18H,1H3,(H,17,19)/t12-,15+/m1/s1. The summed E-state index contributed by atoms with van der Waals surface area (Å²) in [6, 6.07) is 18.0. The topological polar surface area (TPSA) is 49.3 Å². The van der Waals surface area contributed by atoms with Crippen molar-refractivity contribution in [1.29, 1.82) is 0 Å². The van der Waals surface area contributed by atoms with Crippen molar-refractivity contribution in [3.05, 3.63) is 71.8 Å². The fourth-order valence-corrected chi connectivity index (χ4v) is 1.96. The number of benzene rings is 2. The van der Waals surface area contributed by atoms with Crippen LogP contribution in [0.25, 0.3) is 0 Å². The van der Waals surface area contributed by atoms with Gasteiger partial charge in [0.25, 0.3) is 5.91 Å². The number of nitrogens with one attached hydrogen (secondary N) is 1. The highest BCUT2D eigenvalue weighted by Gasteiger charge is 2.19. The average molecular weight is 255 g/mol. The van der Waals surface area contributed by atoms with Crippen molar-refractivity contribution in [1.82, 2.24) is 5.32 Å². The van der Waals surface area contributed by atoms with Crippen LogP contribution in [-0.2, 0) is 0 Å². The highest BCUT2D eigenvalue weighted by Crippen LogP contribution is 2.17. The molecule has 0 unspecified atom stereocenters. The van der Waals surface area contributed by atoms with Crippen molar-refractivity contribution in [2.45, 2.75) is 19.1 Å². The van der Waals surface area contributed by atoms with E-state index in [1.165, 1.54) is 0 Å². The number of carbonyl (C=O) groups excluding carboxylic acids is 1. The predicted octanol–water partition coefficient (Wildman–Crippen LogP) is 2.54. The van der Waals surface area contributed by atoms with Gasteiger partial charge in [-0.15, -0.1) is 0 Å². The first-order valence-corrected chi connectivity index (χ1v) is 6.27. The van der Waals surface area contributed by atoms with Gasteiger partial charge in [-0.05, 0) is 24.6 Å². The zero-order valence-corrected chi connectivity index (χ0v) is 10.8. The number of rotatable bonds is 4. The highest BCUT2D eigenvalue weighted by atomic mass is 16.3. The van der Waals surface area contributed by atoms with E-state index in [4.69, 9.17) is 0 Å². The van der Waals surface area contributed by atoms with Crippen LogP contribution in [0.2, 0.25) is 0 Å². The van der Waals surface area contributed by atoms with Crippen LogP contribution in [0.1, 0.15) is 28.9 Å². The van der Waals surface area contributed by atoms with E-state index in [1.807, 2.05) is 48.5 Å². The predicted molar refractivity (Wildman–Crippen MR) is 74.8 cm³/mol. The summed E-state index contributed by atoms with van der Waals surface area (Å²) < 4.78 is 0. The van der Waals surface area contributed by atoms with Gasteiger partial charge < -0.3 is 10.4 Å². The van der Waals surface area contributed by atoms with Gasteiger partial charge in [0.15, 0.2) is 0 Å². The molecule has 0 aliphatic heterocycles. The molecule has 3 heteroatoms. The van der Waals surface area contributed by atoms with Crippen molar-refractivity contribution in [3.8, 4) is 0 Å². The summed E-state index contributed by atoms with van der Waals surface area (Å²) in [5, 5.41) is 12.7. The van der Waals surface area contributed by atoms with Crippen molar-refractivity contribution in [2.24, 2.45) is 0 Å². The molecule has 1 amide bonds. The Morgan fingerprint density at radius 2 is 1.53 bits per heavy atom. The lowest BCUT2D eigenvalue weighted by Crippen LogP contribution is -2.34. The van der Waals surface area contributed by atoms with E-state index in [0.717, 1.165) is 5.56 Å². The Bertz CT molecular complexity index is 523. The Morgan fingerprint density at radius 3 is 2.05 bits per heavy atom. The Hall–Kier alpha value is -2.13. The van der Waals surface area contributed by atoms with Gasteiger partial charge in [0, 0.05) is 5.56 Å². The number of carbonyl (C=O) groups is 1. The number of amides is 1. The number of aliphatic hydroxyl groups is 1. The van der Waals surface area contributed by atoms with Crippen molar-refractivity contribution in [3.63, 3.8) is 0 Å². The Balaban J connectivity index is 2.17. The maximum atomic E-state index is 12.1. The van der Waals surface area contributed by atoms with Crippen LogP contribution < -0.4 is 5.32 Å². The van der Waals surface area contributed by atoms with Crippen LogP contribution in [0.3, 0.4) is 0 Å². The zero-order chi connectivity index (χ0) is 13.7. The summed E-state index contributed by atoms with van der Waals surface area (Å²) in [5.41, 5.74) is 1.48. The van der Waals surface area contributed by atoms with E-state index >= 15 is 0 Å². The molecule has 19 heavy (non-hydrogen) atoms. The Morgan fingerprint density at radius 1 is 1.00 bits per heavy atom. The van der Waals surface area contributed by atoms with E-state index in [9.17, 15) is 9.90 Å². The normalized spacial score (nSPS) is 13.6. The Labute approximate surface area is 112 Å². The fraction of sp³-hybridized carbons (Fsp3) is 0.188. The molecule has 2 aromatic carbocycles. The summed E-state index contributed by atoms with van der Waals surface area (Å²) in [4.78, 5) is 12.1. The van der Waals surface area contributed by atoms with Crippen molar-refractivity contribution < 1.29 is 9.90 Å². The van der Waals surface area contributed by atoms with Crippen LogP contribution in [-0.4, -0.2) is 17.1 Å². The summed E-state index contributed by atoms with van der Waals surface area (Å²) in [7, 11) is 0. The second-order valence-corrected chi connectivity index (χ2v) is 4.47. The largest absolute Gasteiger partial charge is 0.391 e. The van der Waals surface area contributed by atoms with Gasteiger partial charge in [-0.25, -0.2) is 0 Å². The van der Waals surface area contributed by atoms with E-state index < -0.39 is 12.1 Å². The number of aliphatic hydroxyl groups excluding tert-OH is 1. The van der Waals surface area contributed by atoms with Gasteiger partial charge in [-0.3, -0.25) is 4.79 Å². The Kier molecular flexibility index (Phi) is 4.31. The van der Waals surface area contributed by atoms with Crippen LogP contribution in [0.5, 0.6) is 0 Å². The summed E-state index contributed by atoms with van der Waals surface area (Å²) >= 11 is 0. The van der Waals surface area contributed by atoms with Gasteiger partial charge in [0.05, 0.1) is 12.1 Å². The average Bonchev–Trinajstić information content (AvgIpc) is 2.46. The molecule has 0 bridgehead atoms. The molecule has 0 saturated heterocycles. The van der Waals surface area contributed by atoms with Gasteiger partial charge in [-0.1, -0.05) is 48.5 Å². The molecule has 0 aliphatic carbocycles. The summed E-state index contributed by atoms with van der Waals surface area (Å²) in [6.45, 7) is 1.67. The third-order valence-corrected chi connectivity index (χ3v) is 2.96. The molecule has 0 heterocycles. The number of hydrogen-bond donors (Lipinski definition) is 2. The highest BCUT2D eigenvalue weighted by molar-refractivity contribution is 5.94. The van der Waals surface area contributed by atoms with Crippen LogP contribution in [0, 0.1) is 0 Å². The third kappa shape index (κ3) is 3.42. The lowest BCUT2D eigenvalue weighted by atomic mass is 10.0. The molecule has 0 radical (unpaired) electrons. The smallest absolute Gasteiger partial charge is 0.251 e. The molecule has 2 aromatic rings. The first-order valence-electron chi connectivity index (χ1n) is 6.27. The minimum Gasteiger partial charge on any atom is -0.391 e. The van der Waals surface area contributed by atoms with Crippen LogP contribution in [0.4, 0.5) is 0 Å². The molecular weight excluding hydrogens is 238 g/mol. The molecule has 2 atom stereocenters. The third-order valence-electron chi connectivity index (χ3n) is 2.96. The second kappa shape index (κ2) is 6.16.